The van der Waals surface area contributed by atoms with E-state index in [1.165, 1.54) is 4.90 Å². The third kappa shape index (κ3) is 3.56. The molecule has 140 valence electrons. The van der Waals surface area contributed by atoms with E-state index >= 15 is 0 Å². The molecule has 6 heteroatoms. The number of amides is 1. The Kier molecular flexibility index (Phi) is 5.26. The van der Waals surface area contributed by atoms with Gasteiger partial charge in [-0.15, -0.1) is 0 Å². The van der Waals surface area contributed by atoms with Crippen molar-refractivity contribution in [3.63, 3.8) is 0 Å². The van der Waals surface area contributed by atoms with Crippen molar-refractivity contribution >= 4 is 11.7 Å². The second kappa shape index (κ2) is 7.61. The first-order valence-corrected chi connectivity index (χ1v) is 8.75. The molecule has 0 fully saturated rings. The van der Waals surface area contributed by atoms with Crippen LogP contribution >= 0.6 is 0 Å². The second-order valence-corrected chi connectivity index (χ2v) is 6.75. The normalized spacial score (nSPS) is 17.0. The van der Waals surface area contributed by atoms with Gasteiger partial charge in [0, 0.05) is 24.9 Å². The van der Waals surface area contributed by atoms with Gasteiger partial charge in [-0.25, -0.2) is 0 Å². The van der Waals surface area contributed by atoms with E-state index in [9.17, 15) is 14.7 Å². The first-order chi connectivity index (χ1) is 12.9. The number of hydrogen-bond donors (Lipinski definition) is 1. The molecule has 1 aliphatic heterocycles. The van der Waals surface area contributed by atoms with Gasteiger partial charge in [0.1, 0.15) is 5.75 Å². The molecule has 6 nitrogen and oxygen atoms in total. The number of ketones is 1. The number of pyridine rings is 1. The Balaban J connectivity index is 2.06. The molecular formula is C21H22N2O4. The zero-order valence-electron chi connectivity index (χ0n) is 15.5. The van der Waals surface area contributed by atoms with Crippen LogP contribution in [0.3, 0.4) is 0 Å². The number of Topliss-reactive ketones (excluding diaryl/α,β-unsaturated/α-hetero) is 1. The van der Waals surface area contributed by atoms with Crippen LogP contribution in [0.25, 0.3) is 0 Å². The molecule has 3 rings (SSSR count). The lowest BCUT2D eigenvalue weighted by Crippen LogP contribution is -2.31. The smallest absolute Gasteiger partial charge is 0.290 e. The first kappa shape index (κ1) is 18.6. The van der Waals surface area contributed by atoms with Crippen molar-refractivity contribution in [2.75, 3.05) is 7.11 Å². The average Bonchev–Trinajstić information content (AvgIpc) is 2.93. The summed E-state index contributed by atoms with van der Waals surface area (Å²) >= 11 is 0. The van der Waals surface area contributed by atoms with Gasteiger partial charge in [0.25, 0.3) is 5.91 Å². The summed E-state index contributed by atoms with van der Waals surface area (Å²) in [6.07, 6.45) is 3.29. The Labute approximate surface area is 158 Å². The zero-order chi connectivity index (χ0) is 19.6. The highest BCUT2D eigenvalue weighted by molar-refractivity contribution is 6.09. The van der Waals surface area contributed by atoms with Crippen molar-refractivity contribution in [1.82, 2.24) is 9.88 Å². The first-order valence-electron chi connectivity index (χ1n) is 8.75. The van der Waals surface area contributed by atoms with E-state index in [1.807, 2.05) is 12.1 Å². The quantitative estimate of drug-likeness (QED) is 0.849. The number of benzene rings is 1. The lowest BCUT2D eigenvalue weighted by molar-refractivity contribution is -0.130. The van der Waals surface area contributed by atoms with Crippen LogP contribution in [0, 0.1) is 5.92 Å². The molecule has 0 saturated carbocycles. The van der Waals surface area contributed by atoms with Crippen LogP contribution in [-0.2, 0) is 16.1 Å². The van der Waals surface area contributed by atoms with E-state index in [0.29, 0.717) is 5.75 Å². The molecule has 1 aromatic heterocycles. The van der Waals surface area contributed by atoms with Crippen molar-refractivity contribution in [2.24, 2.45) is 5.92 Å². The van der Waals surface area contributed by atoms with Crippen LogP contribution in [0.5, 0.6) is 5.75 Å². The van der Waals surface area contributed by atoms with Crippen LogP contribution in [0.15, 0.2) is 60.1 Å². The van der Waals surface area contributed by atoms with Crippen molar-refractivity contribution < 1.29 is 19.4 Å². The maximum absolute atomic E-state index is 12.8. The van der Waals surface area contributed by atoms with E-state index in [4.69, 9.17) is 4.74 Å². The Morgan fingerprint density at radius 3 is 2.37 bits per heavy atom. The zero-order valence-corrected chi connectivity index (χ0v) is 15.5. The third-order valence-electron chi connectivity index (χ3n) is 4.63. The summed E-state index contributed by atoms with van der Waals surface area (Å²) in [5.74, 6) is -0.913. The molecule has 2 heterocycles. The van der Waals surface area contributed by atoms with Crippen LogP contribution in [0.2, 0.25) is 0 Å². The standard InChI is InChI=1S/C21H22N2O4/c1-13(2)19(24)17-18(15-4-6-16(27-3)7-5-15)23(21(26)20(17)25)12-14-8-10-22-11-9-14/h4-11,13,18,25H,12H2,1-3H3. The van der Waals surface area contributed by atoms with E-state index in [2.05, 4.69) is 4.98 Å². The lowest BCUT2D eigenvalue weighted by atomic mass is 9.91. The molecular weight excluding hydrogens is 344 g/mol. The Morgan fingerprint density at radius 1 is 1.19 bits per heavy atom. The van der Waals surface area contributed by atoms with Crippen molar-refractivity contribution in [1.29, 1.82) is 0 Å². The van der Waals surface area contributed by atoms with E-state index in [0.717, 1.165) is 11.1 Å². The number of ether oxygens (including phenoxy) is 1. The van der Waals surface area contributed by atoms with Gasteiger partial charge >= 0.3 is 0 Å². The molecule has 0 spiro atoms. The summed E-state index contributed by atoms with van der Waals surface area (Å²) in [6, 6.07) is 10.1. The van der Waals surface area contributed by atoms with Gasteiger partial charge < -0.3 is 14.7 Å². The summed E-state index contributed by atoms with van der Waals surface area (Å²) < 4.78 is 5.19. The number of aromatic nitrogens is 1. The van der Waals surface area contributed by atoms with Gasteiger partial charge in [-0.2, -0.15) is 0 Å². The van der Waals surface area contributed by atoms with E-state index in [-0.39, 0.29) is 23.8 Å². The van der Waals surface area contributed by atoms with Crippen LogP contribution < -0.4 is 4.74 Å². The van der Waals surface area contributed by atoms with Gasteiger partial charge in [0.05, 0.1) is 18.7 Å². The molecule has 1 N–H and O–H groups in total. The van der Waals surface area contributed by atoms with Gasteiger partial charge in [-0.1, -0.05) is 26.0 Å². The van der Waals surface area contributed by atoms with Crippen molar-refractivity contribution in [2.45, 2.75) is 26.4 Å². The van der Waals surface area contributed by atoms with Gasteiger partial charge in [-0.3, -0.25) is 14.6 Å². The summed E-state index contributed by atoms with van der Waals surface area (Å²) in [5.41, 5.74) is 1.75. The number of nitrogens with zero attached hydrogens (tertiary/aromatic N) is 2. The number of rotatable bonds is 6. The number of carbonyl (C=O) groups is 2. The highest BCUT2D eigenvalue weighted by Gasteiger charge is 2.43. The second-order valence-electron chi connectivity index (χ2n) is 6.75. The summed E-state index contributed by atoms with van der Waals surface area (Å²) in [7, 11) is 1.57. The average molecular weight is 366 g/mol. The van der Waals surface area contributed by atoms with Crippen LogP contribution in [-0.4, -0.2) is 33.8 Å². The van der Waals surface area contributed by atoms with Gasteiger partial charge in [0.15, 0.2) is 11.5 Å². The molecule has 0 radical (unpaired) electrons. The molecule has 0 bridgehead atoms. The number of aliphatic hydroxyl groups is 1. The Morgan fingerprint density at radius 2 is 1.81 bits per heavy atom. The molecule has 1 amide bonds. The highest BCUT2D eigenvalue weighted by atomic mass is 16.5. The number of carbonyl (C=O) groups excluding carboxylic acids is 2. The molecule has 2 aromatic rings. The Bertz CT molecular complexity index is 873. The fraction of sp³-hybridized carbons (Fsp3) is 0.286. The predicted octanol–water partition coefficient (Wildman–Crippen LogP) is 3.21. The minimum Gasteiger partial charge on any atom is -0.503 e. The fourth-order valence-electron chi connectivity index (χ4n) is 3.20. The number of hydrogen-bond acceptors (Lipinski definition) is 5. The molecule has 1 unspecified atom stereocenters. The fourth-order valence-corrected chi connectivity index (χ4v) is 3.20. The molecule has 1 aromatic carbocycles. The van der Waals surface area contributed by atoms with Crippen molar-refractivity contribution in [3.8, 4) is 5.75 Å². The molecule has 0 saturated heterocycles. The monoisotopic (exact) mass is 366 g/mol. The molecule has 0 aliphatic carbocycles. The van der Waals surface area contributed by atoms with Gasteiger partial charge in [-0.05, 0) is 35.4 Å². The lowest BCUT2D eigenvalue weighted by Gasteiger charge is -2.27. The maximum atomic E-state index is 12.8. The summed E-state index contributed by atoms with van der Waals surface area (Å²) in [5, 5.41) is 10.5. The number of methoxy groups -OCH3 is 1. The van der Waals surface area contributed by atoms with E-state index < -0.39 is 17.7 Å². The largest absolute Gasteiger partial charge is 0.503 e. The SMILES string of the molecule is COc1ccc(C2C(C(=O)C(C)C)=C(O)C(=O)N2Cc2ccncc2)cc1. The van der Waals surface area contributed by atoms with E-state index in [1.54, 1.807) is 57.6 Å². The highest BCUT2D eigenvalue weighted by Crippen LogP contribution is 2.40. The molecule has 1 aliphatic rings. The van der Waals surface area contributed by atoms with Crippen LogP contribution in [0.4, 0.5) is 0 Å². The topological polar surface area (TPSA) is 79.7 Å². The predicted molar refractivity (Wildman–Crippen MR) is 100 cm³/mol. The molecule has 27 heavy (non-hydrogen) atoms. The minimum absolute atomic E-state index is 0.147. The van der Waals surface area contributed by atoms with Crippen LogP contribution in [0.1, 0.15) is 31.0 Å². The molecule has 1 atom stereocenters. The Hall–Kier alpha value is -3.15. The maximum Gasteiger partial charge on any atom is 0.290 e. The summed E-state index contributed by atoms with van der Waals surface area (Å²) in [4.78, 5) is 31.1. The third-order valence-corrected chi connectivity index (χ3v) is 4.63. The summed E-state index contributed by atoms with van der Waals surface area (Å²) in [6.45, 7) is 3.77. The number of aliphatic hydroxyl groups excluding tert-OH is 1. The van der Waals surface area contributed by atoms with Gasteiger partial charge in [0.2, 0.25) is 0 Å². The van der Waals surface area contributed by atoms with Crippen molar-refractivity contribution in [3.05, 3.63) is 71.3 Å². The minimum atomic E-state index is -0.647.